The van der Waals surface area contributed by atoms with E-state index in [0.29, 0.717) is 28.7 Å². The van der Waals surface area contributed by atoms with E-state index < -0.39 is 6.10 Å². The van der Waals surface area contributed by atoms with Crippen LogP contribution in [0.15, 0.2) is 18.2 Å². The summed E-state index contributed by atoms with van der Waals surface area (Å²) in [6.07, 6.45) is 0.0570. The highest BCUT2D eigenvalue weighted by Gasteiger charge is 2.07. The predicted molar refractivity (Wildman–Crippen MR) is 69.8 cm³/mol. The average Bonchev–Trinajstić information content (AvgIpc) is 2.24. The Balaban J connectivity index is 2.48. The summed E-state index contributed by atoms with van der Waals surface area (Å²) in [7, 11) is 0. The van der Waals surface area contributed by atoms with Gasteiger partial charge in [-0.15, -0.1) is 0 Å². The molecule has 1 rings (SSSR count). The fourth-order valence-electron chi connectivity index (χ4n) is 1.16. The van der Waals surface area contributed by atoms with E-state index in [4.69, 9.17) is 28.3 Å². The third-order valence-corrected chi connectivity index (χ3v) is 2.87. The lowest BCUT2D eigenvalue weighted by Gasteiger charge is -2.10. The normalized spacial score (nSPS) is 12.0. The van der Waals surface area contributed by atoms with Crippen LogP contribution in [-0.2, 0) is 0 Å². The molecule has 3 N–H and O–H groups in total. The van der Waals surface area contributed by atoms with E-state index in [9.17, 15) is 4.79 Å². The Morgan fingerprint density at radius 3 is 2.82 bits per heavy atom. The van der Waals surface area contributed by atoms with E-state index in [0.717, 1.165) is 0 Å². The molecule has 0 aromatic heterocycles. The second kappa shape index (κ2) is 6.69. The van der Waals surface area contributed by atoms with Crippen LogP contribution >= 0.6 is 23.2 Å². The van der Waals surface area contributed by atoms with Crippen LogP contribution in [0.25, 0.3) is 0 Å². The molecular weight excluding hydrogens is 263 g/mol. The van der Waals surface area contributed by atoms with E-state index in [2.05, 4.69) is 10.6 Å². The molecule has 0 fully saturated rings. The second-order valence-electron chi connectivity index (χ2n) is 3.62. The van der Waals surface area contributed by atoms with E-state index >= 15 is 0 Å². The zero-order valence-electron chi connectivity index (χ0n) is 9.34. The second-order valence-corrected chi connectivity index (χ2v) is 4.41. The van der Waals surface area contributed by atoms with Crippen LogP contribution < -0.4 is 10.6 Å². The van der Waals surface area contributed by atoms with Gasteiger partial charge < -0.3 is 15.7 Å². The highest BCUT2D eigenvalue weighted by molar-refractivity contribution is 6.43. The Bertz CT molecular complexity index is 397. The van der Waals surface area contributed by atoms with Crippen molar-refractivity contribution in [2.75, 3.05) is 11.9 Å². The first kappa shape index (κ1) is 14.1. The van der Waals surface area contributed by atoms with Crippen LogP contribution in [0.1, 0.15) is 13.3 Å². The molecule has 1 atom stereocenters. The van der Waals surface area contributed by atoms with Crippen molar-refractivity contribution in [3.8, 4) is 0 Å². The summed E-state index contributed by atoms with van der Waals surface area (Å²) in [5.74, 6) is 0. The molecule has 0 aliphatic heterocycles. The summed E-state index contributed by atoms with van der Waals surface area (Å²) in [6.45, 7) is 2.05. The van der Waals surface area contributed by atoms with Crippen molar-refractivity contribution >= 4 is 34.9 Å². The monoisotopic (exact) mass is 276 g/mol. The van der Waals surface area contributed by atoms with Crippen molar-refractivity contribution < 1.29 is 9.90 Å². The number of urea groups is 1. The lowest BCUT2D eigenvalue weighted by Crippen LogP contribution is -2.31. The molecule has 0 bridgehead atoms. The summed E-state index contributed by atoms with van der Waals surface area (Å²) in [5, 5.41) is 14.9. The van der Waals surface area contributed by atoms with Crippen LogP contribution in [-0.4, -0.2) is 23.8 Å². The minimum atomic E-state index is -0.440. The molecule has 1 unspecified atom stereocenters. The molecule has 1 aromatic rings. The Labute approximate surface area is 110 Å². The SMILES string of the molecule is CC(O)CCNC(=O)Nc1cccc(Cl)c1Cl. The highest BCUT2D eigenvalue weighted by atomic mass is 35.5. The van der Waals surface area contributed by atoms with Gasteiger partial charge in [-0.2, -0.15) is 0 Å². The minimum absolute atomic E-state index is 0.305. The standard InChI is InChI=1S/C11H14Cl2N2O2/c1-7(16)5-6-14-11(17)15-9-4-2-3-8(12)10(9)13/h2-4,7,16H,5-6H2,1H3,(H2,14,15,17). The van der Waals surface area contributed by atoms with Crippen molar-refractivity contribution in [2.45, 2.75) is 19.4 Å². The zero-order chi connectivity index (χ0) is 12.8. The first-order valence-corrected chi connectivity index (χ1v) is 5.93. The summed E-state index contributed by atoms with van der Waals surface area (Å²) < 4.78 is 0. The number of aliphatic hydroxyl groups excluding tert-OH is 1. The van der Waals surface area contributed by atoms with Gasteiger partial charge in [0.25, 0.3) is 0 Å². The van der Waals surface area contributed by atoms with Crippen molar-refractivity contribution in [1.29, 1.82) is 0 Å². The molecule has 4 nitrogen and oxygen atoms in total. The maximum Gasteiger partial charge on any atom is 0.319 e. The summed E-state index contributed by atoms with van der Waals surface area (Å²) in [6, 6.07) is 4.61. The van der Waals surface area contributed by atoms with Crippen molar-refractivity contribution in [2.24, 2.45) is 0 Å². The highest BCUT2D eigenvalue weighted by Crippen LogP contribution is 2.29. The Morgan fingerprint density at radius 2 is 2.18 bits per heavy atom. The van der Waals surface area contributed by atoms with Crippen LogP contribution in [0.4, 0.5) is 10.5 Å². The molecule has 0 heterocycles. The number of anilines is 1. The van der Waals surface area contributed by atoms with E-state index in [1.54, 1.807) is 25.1 Å². The largest absolute Gasteiger partial charge is 0.393 e. The Hall–Kier alpha value is -0.970. The van der Waals surface area contributed by atoms with Crippen molar-refractivity contribution in [1.82, 2.24) is 5.32 Å². The molecule has 2 amide bonds. The molecule has 0 aliphatic rings. The molecule has 1 aromatic carbocycles. The number of aliphatic hydroxyl groups is 1. The number of carbonyl (C=O) groups is 1. The number of nitrogens with one attached hydrogen (secondary N) is 2. The lowest BCUT2D eigenvalue weighted by atomic mass is 10.3. The average molecular weight is 277 g/mol. The van der Waals surface area contributed by atoms with Crippen LogP contribution in [0, 0.1) is 0 Å². The van der Waals surface area contributed by atoms with Gasteiger partial charge in [-0.1, -0.05) is 29.3 Å². The predicted octanol–water partition coefficient (Wildman–Crippen LogP) is 2.89. The van der Waals surface area contributed by atoms with Gasteiger partial charge in [-0.3, -0.25) is 0 Å². The number of rotatable bonds is 4. The fraction of sp³-hybridized carbons (Fsp3) is 0.364. The third kappa shape index (κ3) is 4.81. The van der Waals surface area contributed by atoms with Gasteiger partial charge in [-0.25, -0.2) is 4.79 Å². The molecule has 0 radical (unpaired) electrons. The molecule has 94 valence electrons. The Morgan fingerprint density at radius 1 is 1.47 bits per heavy atom. The number of carbonyl (C=O) groups excluding carboxylic acids is 1. The molecular formula is C11H14Cl2N2O2. The Kier molecular flexibility index (Phi) is 5.55. The summed E-state index contributed by atoms with van der Waals surface area (Å²) in [4.78, 5) is 11.5. The van der Waals surface area contributed by atoms with Crippen LogP contribution in [0.3, 0.4) is 0 Å². The topological polar surface area (TPSA) is 61.4 Å². The first-order valence-electron chi connectivity index (χ1n) is 5.17. The fourth-order valence-corrected chi connectivity index (χ4v) is 1.51. The van der Waals surface area contributed by atoms with E-state index in [1.165, 1.54) is 0 Å². The third-order valence-electron chi connectivity index (χ3n) is 2.05. The van der Waals surface area contributed by atoms with Gasteiger partial charge in [0.2, 0.25) is 0 Å². The molecule has 0 spiro atoms. The maximum absolute atomic E-state index is 11.5. The van der Waals surface area contributed by atoms with E-state index in [1.807, 2.05) is 0 Å². The van der Waals surface area contributed by atoms with E-state index in [-0.39, 0.29) is 6.03 Å². The lowest BCUT2D eigenvalue weighted by molar-refractivity contribution is 0.184. The van der Waals surface area contributed by atoms with Gasteiger partial charge in [-0.05, 0) is 25.5 Å². The first-order chi connectivity index (χ1) is 8.00. The van der Waals surface area contributed by atoms with Gasteiger partial charge in [0, 0.05) is 6.54 Å². The van der Waals surface area contributed by atoms with Crippen molar-refractivity contribution in [3.63, 3.8) is 0 Å². The molecule has 0 aliphatic carbocycles. The number of halogens is 2. The molecule has 0 saturated carbocycles. The summed E-state index contributed by atoms with van der Waals surface area (Å²) in [5.41, 5.74) is 0.453. The zero-order valence-corrected chi connectivity index (χ0v) is 10.8. The molecule has 17 heavy (non-hydrogen) atoms. The van der Waals surface area contributed by atoms with Gasteiger partial charge in [0.1, 0.15) is 0 Å². The maximum atomic E-state index is 11.5. The number of amides is 2. The minimum Gasteiger partial charge on any atom is -0.393 e. The number of benzene rings is 1. The summed E-state index contributed by atoms with van der Waals surface area (Å²) >= 11 is 11.7. The molecule has 0 saturated heterocycles. The number of hydrogen-bond donors (Lipinski definition) is 3. The van der Waals surface area contributed by atoms with Crippen molar-refractivity contribution in [3.05, 3.63) is 28.2 Å². The van der Waals surface area contributed by atoms with Crippen LogP contribution in [0.5, 0.6) is 0 Å². The number of hydrogen-bond acceptors (Lipinski definition) is 2. The molecule has 6 heteroatoms. The van der Waals surface area contributed by atoms with Gasteiger partial charge >= 0.3 is 6.03 Å². The van der Waals surface area contributed by atoms with Gasteiger partial charge in [0.15, 0.2) is 0 Å². The van der Waals surface area contributed by atoms with Gasteiger partial charge in [0.05, 0.1) is 21.8 Å². The van der Waals surface area contributed by atoms with Crippen LogP contribution in [0.2, 0.25) is 10.0 Å². The smallest absolute Gasteiger partial charge is 0.319 e. The quantitative estimate of drug-likeness (QED) is 0.792.